The fourth-order valence-corrected chi connectivity index (χ4v) is 8.36. The van der Waals surface area contributed by atoms with Gasteiger partial charge in [0.2, 0.25) is 0 Å². The van der Waals surface area contributed by atoms with Gasteiger partial charge in [0.25, 0.3) is 0 Å². The zero-order valence-corrected chi connectivity index (χ0v) is 51.5. The van der Waals surface area contributed by atoms with Crippen molar-refractivity contribution in [3.05, 3.63) is 251 Å². The van der Waals surface area contributed by atoms with E-state index in [2.05, 4.69) is 232 Å². The average Bonchev–Trinajstić information content (AvgIpc) is 3.39. The molecule has 0 bridgehead atoms. The first-order valence-corrected chi connectivity index (χ1v) is 29.4. The van der Waals surface area contributed by atoms with Gasteiger partial charge < -0.3 is 0 Å². The summed E-state index contributed by atoms with van der Waals surface area (Å²) < 4.78 is 38.0. The Bertz CT molecular complexity index is 2440. The smallest absolute Gasteiger partial charge is 0.126 e. The highest BCUT2D eigenvalue weighted by atomic mass is 19.1. The molecule has 0 saturated heterocycles. The summed E-state index contributed by atoms with van der Waals surface area (Å²) in [5, 5.41) is 0. The lowest BCUT2D eigenvalue weighted by Crippen LogP contribution is -2.06. The highest BCUT2D eigenvalue weighted by molar-refractivity contribution is 5.21. The third kappa shape index (κ3) is 38.0. The number of halogens is 3. The number of hydrogen-bond donors (Lipinski definition) is 0. The topological polar surface area (TPSA) is 0 Å². The lowest BCUT2D eigenvalue weighted by atomic mass is 9.91. The Balaban J connectivity index is 0.000000455. The van der Waals surface area contributed by atoms with E-state index in [1.807, 2.05) is 30.3 Å². The molecule has 3 heteroatoms. The normalized spacial score (nSPS) is 11.4. The number of benzene rings is 7. The Hall–Kier alpha value is -5.67. The van der Waals surface area contributed by atoms with Crippen molar-refractivity contribution < 1.29 is 13.2 Å². The van der Waals surface area contributed by atoms with E-state index in [0.29, 0.717) is 23.7 Å². The summed E-state index contributed by atoms with van der Waals surface area (Å²) in [7, 11) is 0. The van der Waals surface area contributed by atoms with E-state index in [0.717, 1.165) is 60.0 Å². The van der Waals surface area contributed by atoms with Gasteiger partial charge in [0, 0.05) is 0 Å². The average molecular weight is 1060 g/mol. The van der Waals surface area contributed by atoms with Gasteiger partial charge in [0.05, 0.1) is 0 Å². The van der Waals surface area contributed by atoms with E-state index in [1.54, 1.807) is 18.2 Å². The number of aryl methyl sites for hydroxylation is 1. The van der Waals surface area contributed by atoms with Crippen LogP contribution in [0, 0.1) is 64.8 Å². The summed E-state index contributed by atoms with van der Waals surface area (Å²) in [6.07, 6.45) is 9.01. The van der Waals surface area contributed by atoms with Crippen molar-refractivity contribution in [1.82, 2.24) is 0 Å². The summed E-state index contributed by atoms with van der Waals surface area (Å²) in [4.78, 5) is 0. The van der Waals surface area contributed by atoms with Crippen molar-refractivity contribution in [2.24, 2.45) is 47.3 Å². The van der Waals surface area contributed by atoms with E-state index in [1.165, 1.54) is 84.2 Å². The van der Waals surface area contributed by atoms with Gasteiger partial charge in [-0.2, -0.15) is 0 Å². The van der Waals surface area contributed by atoms with Crippen LogP contribution >= 0.6 is 0 Å². The molecule has 0 fully saturated rings. The van der Waals surface area contributed by atoms with Crippen molar-refractivity contribution in [2.75, 3.05) is 0 Å². The van der Waals surface area contributed by atoms with Crippen molar-refractivity contribution in [1.29, 1.82) is 0 Å². The first kappa shape index (κ1) is 70.3. The third-order valence-corrected chi connectivity index (χ3v) is 12.7. The summed E-state index contributed by atoms with van der Waals surface area (Å²) in [6, 6.07) is 63.2. The van der Waals surface area contributed by atoms with Crippen LogP contribution in [0.2, 0.25) is 0 Å². The number of hydrogen-bond acceptors (Lipinski definition) is 0. The Kier molecular flexibility index (Phi) is 38.1. The second-order valence-electron chi connectivity index (χ2n) is 24.0. The molecular formula is C75H105F3. The molecule has 2 atom stereocenters. The third-order valence-electron chi connectivity index (χ3n) is 12.7. The van der Waals surface area contributed by atoms with Gasteiger partial charge >= 0.3 is 0 Å². The molecule has 0 nitrogen and oxygen atoms in total. The van der Waals surface area contributed by atoms with E-state index in [9.17, 15) is 13.2 Å². The van der Waals surface area contributed by atoms with Crippen molar-refractivity contribution in [2.45, 2.75) is 168 Å². The van der Waals surface area contributed by atoms with Gasteiger partial charge in [-0.15, -0.1) is 0 Å². The fraction of sp³-hybridized carbons (Fsp3) is 0.440. The number of rotatable bonds is 17. The van der Waals surface area contributed by atoms with Crippen LogP contribution < -0.4 is 0 Å². The maximum absolute atomic E-state index is 12.9. The van der Waals surface area contributed by atoms with Crippen LogP contribution in [0.1, 0.15) is 168 Å². The minimum atomic E-state index is -0.155. The molecule has 2 unspecified atom stereocenters. The highest BCUT2D eigenvalue weighted by Gasteiger charge is 2.08. The molecule has 0 aliphatic heterocycles. The van der Waals surface area contributed by atoms with Crippen molar-refractivity contribution in [3.8, 4) is 0 Å². The second kappa shape index (κ2) is 42.3. The van der Waals surface area contributed by atoms with Crippen LogP contribution in [0.4, 0.5) is 13.2 Å². The molecule has 0 N–H and O–H groups in total. The van der Waals surface area contributed by atoms with E-state index in [4.69, 9.17) is 0 Å². The molecular weight excluding hydrogens is 958 g/mol. The zero-order valence-electron chi connectivity index (χ0n) is 51.5. The lowest BCUT2D eigenvalue weighted by molar-refractivity contribution is 0.417. The van der Waals surface area contributed by atoms with Gasteiger partial charge in [-0.3, -0.25) is 0 Å². The Morgan fingerprint density at radius 2 is 0.705 bits per heavy atom. The van der Waals surface area contributed by atoms with Gasteiger partial charge in [-0.25, -0.2) is 13.2 Å². The predicted molar refractivity (Wildman–Crippen MR) is 338 cm³/mol. The summed E-state index contributed by atoms with van der Waals surface area (Å²) >= 11 is 0. The summed E-state index contributed by atoms with van der Waals surface area (Å²) in [5.74, 6) is 6.02. The van der Waals surface area contributed by atoms with Crippen LogP contribution in [0.15, 0.2) is 194 Å². The maximum atomic E-state index is 12.9. The molecule has 78 heavy (non-hydrogen) atoms. The monoisotopic (exact) mass is 1060 g/mol. The van der Waals surface area contributed by atoms with Crippen molar-refractivity contribution >= 4 is 0 Å². The maximum Gasteiger partial charge on any atom is 0.126 e. The van der Waals surface area contributed by atoms with Crippen LogP contribution in [-0.2, 0) is 38.5 Å². The molecule has 0 radical (unpaired) electrons. The SMILES string of the molecule is CC(C)C(C)Cc1ccccc1.CC(C)CC(C)c1ccccc1.CC(C)CCc1ccccc1.CC(C)Cc1ccc(F)cc1.CC(C)Cc1cccc(F)c1.CC(C)Cc1ccccc1.CC(C)Cc1ccccc1F. The molecule has 0 amide bonds. The van der Waals surface area contributed by atoms with E-state index in [-0.39, 0.29) is 17.5 Å². The largest absolute Gasteiger partial charge is 0.207 e. The molecule has 7 aromatic carbocycles. The molecule has 0 aromatic heterocycles. The standard InChI is InChI=1S/2C12H18.C11H16.3C10H13F.C10H14/c1-10(2)11(3)9-12-7-5-4-6-8-12;1-10(2)9-11(3)12-7-5-4-6-8-12;1-10(2)8-9-11-6-4-3-5-7-11;1-8(2)7-9-3-5-10(11)6-4-9;1-8(2)6-9-4-3-5-10(11)7-9;1-8(2)7-9-5-3-4-6-10(9)11;1-9(2)8-10-6-4-3-5-7-10/h2*4-8,10-11H,9H2,1-3H3;3-7,10H,8-9H2,1-2H3;3-6,8H,7H2,1-2H3;3-5,7-8H,6H2,1-2H3;3-6,8H,7H2,1-2H3;3-7,9H,8H2,1-2H3. The molecule has 7 aromatic rings. The quantitative estimate of drug-likeness (QED) is 0.0853. The van der Waals surface area contributed by atoms with Gasteiger partial charge in [-0.1, -0.05) is 275 Å². The molecule has 7 rings (SSSR count). The van der Waals surface area contributed by atoms with E-state index >= 15 is 0 Å². The van der Waals surface area contributed by atoms with Gasteiger partial charge in [0.15, 0.2) is 0 Å². The molecule has 426 valence electrons. The Morgan fingerprint density at radius 3 is 1.13 bits per heavy atom. The zero-order chi connectivity index (χ0) is 58.3. The van der Waals surface area contributed by atoms with Crippen LogP contribution in [-0.4, -0.2) is 0 Å². The van der Waals surface area contributed by atoms with Gasteiger partial charge in [0.1, 0.15) is 17.5 Å². The molecule has 0 aliphatic rings. The molecule has 0 aliphatic carbocycles. The first-order chi connectivity index (χ1) is 37.0. The van der Waals surface area contributed by atoms with Crippen molar-refractivity contribution in [3.63, 3.8) is 0 Å². The summed E-state index contributed by atoms with van der Waals surface area (Å²) in [6.45, 7) is 35.5. The van der Waals surface area contributed by atoms with Crippen LogP contribution in [0.5, 0.6) is 0 Å². The van der Waals surface area contributed by atoms with Gasteiger partial charge in [-0.05, 0) is 174 Å². The summed E-state index contributed by atoms with van der Waals surface area (Å²) in [5.41, 5.74) is 8.94. The highest BCUT2D eigenvalue weighted by Crippen LogP contribution is 2.22. The Morgan fingerprint density at radius 1 is 0.308 bits per heavy atom. The fourth-order valence-electron chi connectivity index (χ4n) is 8.36. The Labute approximate surface area is 476 Å². The molecule has 0 spiro atoms. The minimum absolute atomic E-state index is 0.0822. The first-order valence-electron chi connectivity index (χ1n) is 29.4. The van der Waals surface area contributed by atoms with E-state index < -0.39 is 0 Å². The van der Waals surface area contributed by atoms with Crippen LogP contribution in [0.3, 0.4) is 0 Å². The minimum Gasteiger partial charge on any atom is -0.207 e. The molecule has 0 saturated carbocycles. The molecule has 0 heterocycles. The predicted octanol–water partition coefficient (Wildman–Crippen LogP) is 22.6. The second-order valence-corrected chi connectivity index (χ2v) is 24.0. The van der Waals surface area contributed by atoms with Crippen LogP contribution in [0.25, 0.3) is 0 Å². The lowest BCUT2D eigenvalue weighted by Gasteiger charge is -2.14.